The minimum atomic E-state index is -2.83. The Balaban J connectivity index is 2.32. The molecule has 142 valence electrons. The number of methoxy groups -OCH3 is 1. The molecule has 0 aliphatic heterocycles. The van der Waals surface area contributed by atoms with Gasteiger partial charge in [-0.3, -0.25) is 0 Å². The molecule has 0 aliphatic rings. The van der Waals surface area contributed by atoms with Crippen molar-refractivity contribution in [1.29, 1.82) is 0 Å². The topological polar surface area (TPSA) is 9.23 Å². The van der Waals surface area contributed by atoms with E-state index in [0.29, 0.717) is 0 Å². The minimum absolute atomic E-state index is 0.185. The Labute approximate surface area is 171 Å². The predicted molar refractivity (Wildman–Crippen MR) is 125 cm³/mol. The summed E-state index contributed by atoms with van der Waals surface area (Å²) < 4.78 is 5.79. The van der Waals surface area contributed by atoms with Crippen LogP contribution in [0.4, 0.5) is 0 Å². The summed E-state index contributed by atoms with van der Waals surface area (Å²) in [5.74, 6) is 0. The first-order valence-electron chi connectivity index (χ1n) is 9.35. The number of rotatable bonds is 7. The van der Waals surface area contributed by atoms with E-state index in [2.05, 4.69) is 120 Å². The second kappa shape index (κ2) is 7.87. The van der Waals surface area contributed by atoms with Gasteiger partial charge in [0.05, 0.1) is 0 Å². The third-order valence-corrected chi connectivity index (χ3v) is 15.5. The Hall–Kier alpha value is -1.47. The van der Waals surface area contributed by atoms with Crippen molar-refractivity contribution in [3.8, 4) is 0 Å². The molecule has 0 aliphatic carbocycles. The van der Waals surface area contributed by atoms with Crippen molar-refractivity contribution in [2.75, 3.05) is 13.3 Å². The molecule has 0 N–H and O–H groups in total. The Morgan fingerprint density at radius 2 is 1.04 bits per heavy atom. The van der Waals surface area contributed by atoms with Gasteiger partial charge in [0.15, 0.2) is 0 Å². The molecule has 3 rings (SSSR count). The van der Waals surface area contributed by atoms with Crippen LogP contribution in [0.1, 0.15) is 20.3 Å². The molecule has 0 bridgehead atoms. The van der Waals surface area contributed by atoms with E-state index >= 15 is 0 Å². The molecule has 3 aromatic rings. The quantitative estimate of drug-likeness (QED) is 0.430. The summed E-state index contributed by atoms with van der Waals surface area (Å²) in [6, 6.07) is 32.8. The first-order valence-corrected chi connectivity index (χ1v) is 13.8. The number of ether oxygens (including phenoxy) is 1. The second-order valence-corrected chi connectivity index (χ2v) is 16.7. The molecule has 3 heteroatoms. The molecule has 0 radical (unpaired) electrons. The first-order chi connectivity index (χ1) is 12.9. The molecule has 0 atom stereocenters. The van der Waals surface area contributed by atoms with E-state index in [0.717, 1.165) is 12.6 Å². The number of hydrogen-bond donors (Lipinski definition) is 0. The van der Waals surface area contributed by atoms with Crippen LogP contribution in [0.3, 0.4) is 0 Å². The van der Waals surface area contributed by atoms with Gasteiger partial charge in [-0.2, -0.15) is 0 Å². The van der Waals surface area contributed by atoms with Crippen LogP contribution < -0.4 is 15.9 Å². The van der Waals surface area contributed by atoms with E-state index in [1.54, 1.807) is 7.11 Å². The van der Waals surface area contributed by atoms with Gasteiger partial charge in [0.25, 0.3) is 0 Å². The average molecular weight is 443 g/mol. The van der Waals surface area contributed by atoms with Gasteiger partial charge in [0, 0.05) is 0 Å². The van der Waals surface area contributed by atoms with Crippen LogP contribution >= 0.6 is 20.8 Å². The normalized spacial score (nSPS) is 13.7. The Morgan fingerprint density at radius 3 is 1.33 bits per heavy atom. The SMILES string of the molecule is COC(C)(C)CCP(Br)(c1ccccc1)(c1ccccc1)c1ccccc1. The van der Waals surface area contributed by atoms with Gasteiger partial charge in [0.1, 0.15) is 0 Å². The fourth-order valence-electron chi connectivity index (χ4n) is 3.63. The molecule has 0 unspecified atom stereocenters. The van der Waals surface area contributed by atoms with Crippen molar-refractivity contribution < 1.29 is 4.74 Å². The Morgan fingerprint density at radius 1 is 0.704 bits per heavy atom. The van der Waals surface area contributed by atoms with Crippen molar-refractivity contribution in [3.63, 3.8) is 0 Å². The average Bonchev–Trinajstić information content (AvgIpc) is 2.74. The first kappa shape index (κ1) is 20.3. The van der Waals surface area contributed by atoms with E-state index < -0.39 is 5.31 Å². The van der Waals surface area contributed by atoms with E-state index in [9.17, 15) is 0 Å². The molecule has 0 spiro atoms. The van der Waals surface area contributed by atoms with Crippen LogP contribution in [-0.4, -0.2) is 18.9 Å². The predicted octanol–water partition coefficient (Wildman–Crippen LogP) is 5.64. The maximum absolute atomic E-state index is 5.79. The van der Waals surface area contributed by atoms with Crippen molar-refractivity contribution in [3.05, 3.63) is 91.0 Å². The fourth-order valence-corrected chi connectivity index (χ4v) is 11.3. The van der Waals surface area contributed by atoms with Crippen molar-refractivity contribution in [1.82, 2.24) is 0 Å². The molecule has 0 amide bonds. The van der Waals surface area contributed by atoms with Gasteiger partial charge < -0.3 is 0 Å². The van der Waals surface area contributed by atoms with Gasteiger partial charge in [-0.15, -0.1) is 0 Å². The number of benzene rings is 3. The van der Waals surface area contributed by atoms with E-state index in [4.69, 9.17) is 4.74 Å². The van der Waals surface area contributed by atoms with Gasteiger partial charge in [-0.05, 0) is 0 Å². The molecular weight excluding hydrogens is 415 g/mol. The zero-order chi connectivity index (χ0) is 19.4. The number of halogens is 1. The summed E-state index contributed by atoms with van der Waals surface area (Å²) in [6.45, 7) is 4.34. The van der Waals surface area contributed by atoms with Gasteiger partial charge in [-0.25, -0.2) is 0 Å². The molecule has 27 heavy (non-hydrogen) atoms. The summed E-state index contributed by atoms with van der Waals surface area (Å²) in [7, 11) is 1.80. The zero-order valence-electron chi connectivity index (χ0n) is 16.3. The van der Waals surface area contributed by atoms with Gasteiger partial charge in [0.2, 0.25) is 0 Å². The summed E-state index contributed by atoms with van der Waals surface area (Å²) >= 11 is 4.47. The van der Waals surface area contributed by atoms with Crippen LogP contribution in [0.5, 0.6) is 0 Å². The third-order valence-electron chi connectivity index (χ3n) is 5.57. The van der Waals surface area contributed by atoms with Crippen LogP contribution in [-0.2, 0) is 4.74 Å². The second-order valence-electron chi connectivity index (χ2n) is 7.63. The van der Waals surface area contributed by atoms with Gasteiger partial charge in [-0.1, -0.05) is 0 Å². The van der Waals surface area contributed by atoms with E-state index in [1.165, 1.54) is 15.9 Å². The van der Waals surface area contributed by atoms with Crippen molar-refractivity contribution >= 4 is 36.7 Å². The van der Waals surface area contributed by atoms with Crippen LogP contribution in [0.2, 0.25) is 0 Å². The third kappa shape index (κ3) is 3.76. The van der Waals surface area contributed by atoms with Gasteiger partial charge >= 0.3 is 172 Å². The molecule has 0 saturated heterocycles. The fraction of sp³-hybridized carbons (Fsp3) is 0.250. The summed E-state index contributed by atoms with van der Waals surface area (Å²) in [5, 5.41) is 1.23. The standard InChI is InChI=1S/C24H28BrOP/c1-24(2,26-3)19-20-27(25,21-13-7-4-8-14-21,22-15-9-5-10-16-22)23-17-11-6-12-18-23/h4-18H,19-20H2,1-3H3. The summed E-state index contributed by atoms with van der Waals surface area (Å²) in [4.78, 5) is 0. The van der Waals surface area contributed by atoms with Crippen molar-refractivity contribution in [2.24, 2.45) is 0 Å². The van der Waals surface area contributed by atoms with Crippen LogP contribution in [0.15, 0.2) is 91.0 Å². The Kier molecular flexibility index (Phi) is 5.91. The van der Waals surface area contributed by atoms with Crippen LogP contribution in [0, 0.1) is 0 Å². The van der Waals surface area contributed by atoms with Crippen LogP contribution in [0.25, 0.3) is 0 Å². The zero-order valence-corrected chi connectivity index (χ0v) is 18.8. The molecular formula is C24H28BrOP. The maximum atomic E-state index is 5.79. The molecule has 0 fully saturated rings. The number of hydrogen-bond acceptors (Lipinski definition) is 1. The monoisotopic (exact) mass is 442 g/mol. The molecule has 0 saturated carbocycles. The van der Waals surface area contributed by atoms with E-state index in [-0.39, 0.29) is 5.60 Å². The van der Waals surface area contributed by atoms with E-state index in [1.807, 2.05) is 0 Å². The molecule has 0 heterocycles. The molecule has 1 nitrogen and oxygen atoms in total. The summed E-state index contributed by atoms with van der Waals surface area (Å²) in [5.41, 5.74) is -0.185. The van der Waals surface area contributed by atoms with Crippen molar-refractivity contribution in [2.45, 2.75) is 25.9 Å². The molecule has 0 aromatic heterocycles. The summed E-state index contributed by atoms with van der Waals surface area (Å²) in [6.07, 6.45) is 1.94. The Bertz CT molecular complexity index is 763. The molecule has 3 aromatic carbocycles.